The van der Waals surface area contributed by atoms with Gasteiger partial charge in [0.1, 0.15) is 11.2 Å². The molecule has 0 aliphatic carbocycles. The van der Waals surface area contributed by atoms with Crippen molar-refractivity contribution in [2.24, 2.45) is 0 Å². The Bertz CT molecular complexity index is 1100. The zero-order chi connectivity index (χ0) is 21.8. The van der Waals surface area contributed by atoms with E-state index in [1.54, 1.807) is 24.0 Å². The molecular formula is C25H23FN2O2S. The van der Waals surface area contributed by atoms with Gasteiger partial charge < -0.3 is 5.32 Å². The van der Waals surface area contributed by atoms with E-state index >= 15 is 0 Å². The Morgan fingerprint density at radius 1 is 1.10 bits per heavy atom. The molecule has 1 saturated heterocycles. The number of carbonyl (C=O) groups is 2. The van der Waals surface area contributed by atoms with E-state index in [2.05, 4.69) is 5.32 Å². The molecule has 31 heavy (non-hydrogen) atoms. The topological polar surface area (TPSA) is 49.4 Å². The molecule has 1 atom stereocenters. The van der Waals surface area contributed by atoms with Gasteiger partial charge in [-0.15, -0.1) is 11.8 Å². The molecule has 1 fully saturated rings. The largest absolute Gasteiger partial charge is 0.326 e. The van der Waals surface area contributed by atoms with Crippen LogP contribution in [-0.4, -0.2) is 17.6 Å². The number of rotatable bonds is 6. The van der Waals surface area contributed by atoms with Gasteiger partial charge >= 0.3 is 0 Å². The third-order valence-corrected chi connectivity index (χ3v) is 6.45. The van der Waals surface area contributed by atoms with Crippen molar-refractivity contribution in [3.63, 3.8) is 0 Å². The minimum Gasteiger partial charge on any atom is -0.326 e. The van der Waals surface area contributed by atoms with Gasteiger partial charge in [-0.3, -0.25) is 14.5 Å². The fourth-order valence-corrected chi connectivity index (χ4v) is 4.74. The van der Waals surface area contributed by atoms with E-state index in [1.807, 2.05) is 54.6 Å². The number of nitrogens with one attached hydrogen (secondary N) is 1. The summed E-state index contributed by atoms with van der Waals surface area (Å²) >= 11 is 1.49. The van der Waals surface area contributed by atoms with Crippen molar-refractivity contribution >= 4 is 35.0 Å². The molecule has 0 aromatic heterocycles. The molecule has 0 unspecified atom stereocenters. The van der Waals surface area contributed by atoms with Crippen LogP contribution in [0.5, 0.6) is 0 Å². The number of halogens is 1. The second kappa shape index (κ2) is 9.35. The summed E-state index contributed by atoms with van der Waals surface area (Å²) in [4.78, 5) is 26.6. The molecule has 0 radical (unpaired) electrons. The van der Waals surface area contributed by atoms with Gasteiger partial charge in [0.2, 0.25) is 11.8 Å². The van der Waals surface area contributed by atoms with Crippen LogP contribution in [0.15, 0.2) is 72.8 Å². The third-order valence-electron chi connectivity index (χ3n) is 5.24. The number of benzene rings is 3. The fraction of sp³-hybridized carbons (Fsp3) is 0.200. The van der Waals surface area contributed by atoms with E-state index in [9.17, 15) is 14.0 Å². The van der Waals surface area contributed by atoms with Gasteiger partial charge in [0.05, 0.1) is 5.75 Å². The monoisotopic (exact) mass is 434 g/mol. The highest BCUT2D eigenvalue weighted by molar-refractivity contribution is 8.00. The maximum absolute atomic E-state index is 14.1. The Labute approximate surface area is 185 Å². The molecule has 1 aliphatic rings. The first-order valence-electron chi connectivity index (χ1n) is 10.1. The number of carbonyl (C=O) groups excluding carboxylic acids is 2. The molecule has 4 rings (SSSR count). The van der Waals surface area contributed by atoms with Crippen molar-refractivity contribution in [3.8, 4) is 0 Å². The molecular weight excluding hydrogens is 411 g/mol. The van der Waals surface area contributed by atoms with E-state index in [0.717, 1.165) is 11.1 Å². The molecule has 0 bridgehead atoms. The van der Waals surface area contributed by atoms with Crippen LogP contribution in [0.4, 0.5) is 15.8 Å². The molecule has 3 aromatic carbocycles. The number of nitrogens with zero attached hydrogens (tertiary/aromatic N) is 1. The third kappa shape index (κ3) is 4.97. The van der Waals surface area contributed by atoms with Gasteiger partial charge in [0.25, 0.3) is 0 Å². The second-order valence-corrected chi connectivity index (χ2v) is 8.59. The highest BCUT2D eigenvalue weighted by Crippen LogP contribution is 2.42. The first-order valence-corrected chi connectivity index (χ1v) is 11.2. The van der Waals surface area contributed by atoms with Gasteiger partial charge in [0, 0.05) is 17.8 Å². The zero-order valence-electron chi connectivity index (χ0n) is 17.2. The Kier molecular flexibility index (Phi) is 6.37. The molecule has 2 amide bonds. The van der Waals surface area contributed by atoms with Crippen LogP contribution in [0, 0.1) is 12.7 Å². The van der Waals surface area contributed by atoms with Crippen molar-refractivity contribution in [1.82, 2.24) is 0 Å². The SMILES string of the molecule is Cc1ccc(N2C(=O)CS[C@H]2c2cccc(NC(=O)CCc3ccccc3)c2)cc1F. The van der Waals surface area contributed by atoms with E-state index in [0.29, 0.717) is 35.5 Å². The van der Waals surface area contributed by atoms with Gasteiger partial charge in [-0.05, 0) is 54.3 Å². The first kappa shape index (κ1) is 21.1. The number of anilines is 2. The lowest BCUT2D eigenvalue weighted by Crippen LogP contribution is -2.28. The van der Waals surface area contributed by atoms with Crippen LogP contribution >= 0.6 is 11.8 Å². The average molecular weight is 435 g/mol. The Hall–Kier alpha value is -3.12. The minimum absolute atomic E-state index is 0.0597. The summed E-state index contributed by atoms with van der Waals surface area (Å²) < 4.78 is 14.1. The number of aryl methyl sites for hydroxylation is 2. The van der Waals surface area contributed by atoms with Crippen LogP contribution in [0.3, 0.4) is 0 Å². The summed E-state index contributed by atoms with van der Waals surface area (Å²) in [5.41, 5.74) is 3.77. The second-order valence-electron chi connectivity index (χ2n) is 7.52. The van der Waals surface area contributed by atoms with Gasteiger partial charge in [-0.1, -0.05) is 48.5 Å². The number of amides is 2. The molecule has 4 nitrogen and oxygen atoms in total. The van der Waals surface area contributed by atoms with Gasteiger partial charge in [-0.2, -0.15) is 0 Å². The Morgan fingerprint density at radius 3 is 2.68 bits per heavy atom. The van der Waals surface area contributed by atoms with Crippen LogP contribution in [0.25, 0.3) is 0 Å². The van der Waals surface area contributed by atoms with E-state index in [-0.39, 0.29) is 23.0 Å². The molecule has 0 spiro atoms. The van der Waals surface area contributed by atoms with Crippen LogP contribution in [0.2, 0.25) is 0 Å². The summed E-state index contributed by atoms with van der Waals surface area (Å²) in [6, 6.07) is 22.2. The summed E-state index contributed by atoms with van der Waals surface area (Å²) in [6.07, 6.45) is 1.06. The predicted octanol–water partition coefficient (Wildman–Crippen LogP) is 5.48. The maximum Gasteiger partial charge on any atom is 0.238 e. The summed E-state index contributed by atoms with van der Waals surface area (Å²) in [7, 11) is 0. The van der Waals surface area contributed by atoms with Crippen molar-refractivity contribution in [2.45, 2.75) is 25.1 Å². The molecule has 1 aliphatic heterocycles. The molecule has 3 aromatic rings. The first-order chi connectivity index (χ1) is 15.0. The van der Waals surface area contributed by atoms with E-state index < -0.39 is 0 Å². The number of hydrogen-bond donors (Lipinski definition) is 1. The van der Waals surface area contributed by atoms with Crippen molar-refractivity contribution in [2.75, 3.05) is 16.0 Å². The quantitative estimate of drug-likeness (QED) is 0.559. The van der Waals surface area contributed by atoms with Gasteiger partial charge in [-0.25, -0.2) is 4.39 Å². The normalized spacial score (nSPS) is 15.9. The van der Waals surface area contributed by atoms with Crippen molar-refractivity contribution in [1.29, 1.82) is 0 Å². The maximum atomic E-state index is 14.1. The number of thioether (sulfide) groups is 1. The summed E-state index contributed by atoms with van der Waals surface area (Å²) in [5.74, 6) is -0.127. The lowest BCUT2D eigenvalue weighted by atomic mass is 10.1. The summed E-state index contributed by atoms with van der Waals surface area (Å²) in [5, 5.41) is 2.68. The van der Waals surface area contributed by atoms with Crippen molar-refractivity contribution in [3.05, 3.63) is 95.3 Å². The minimum atomic E-state index is -0.333. The molecule has 1 heterocycles. The molecule has 0 saturated carbocycles. The lowest BCUT2D eigenvalue weighted by Gasteiger charge is -2.25. The molecule has 158 valence electrons. The van der Waals surface area contributed by atoms with Crippen LogP contribution < -0.4 is 10.2 Å². The zero-order valence-corrected chi connectivity index (χ0v) is 18.0. The number of hydrogen-bond acceptors (Lipinski definition) is 3. The van der Waals surface area contributed by atoms with Gasteiger partial charge in [0.15, 0.2) is 0 Å². The van der Waals surface area contributed by atoms with Crippen molar-refractivity contribution < 1.29 is 14.0 Å². The predicted molar refractivity (Wildman–Crippen MR) is 124 cm³/mol. The lowest BCUT2D eigenvalue weighted by molar-refractivity contribution is -0.116. The van der Waals surface area contributed by atoms with Crippen LogP contribution in [0.1, 0.15) is 28.5 Å². The Balaban J connectivity index is 1.48. The fourth-order valence-electron chi connectivity index (χ4n) is 3.58. The summed E-state index contributed by atoms with van der Waals surface area (Å²) in [6.45, 7) is 1.70. The highest BCUT2D eigenvalue weighted by Gasteiger charge is 2.34. The van der Waals surface area contributed by atoms with Crippen LogP contribution in [-0.2, 0) is 16.0 Å². The average Bonchev–Trinajstić information content (AvgIpc) is 3.16. The van der Waals surface area contributed by atoms with E-state index in [1.165, 1.54) is 17.8 Å². The van der Waals surface area contributed by atoms with E-state index in [4.69, 9.17) is 0 Å². The highest BCUT2D eigenvalue weighted by atomic mass is 32.2. The molecule has 6 heteroatoms. The molecule has 1 N–H and O–H groups in total. The smallest absolute Gasteiger partial charge is 0.238 e. The standard InChI is InChI=1S/C25H23FN2O2S/c1-17-10-12-21(15-22(17)26)28-24(30)16-31-25(28)19-8-5-9-20(14-19)27-23(29)13-11-18-6-3-2-4-7-18/h2-10,12,14-15,25H,11,13,16H2,1H3,(H,27,29)/t25-/m0/s1. The Morgan fingerprint density at radius 2 is 1.90 bits per heavy atom.